The van der Waals surface area contributed by atoms with Gasteiger partial charge in [-0.2, -0.15) is 4.98 Å². The highest BCUT2D eigenvalue weighted by Crippen LogP contribution is 2.23. The van der Waals surface area contributed by atoms with Gasteiger partial charge in [-0.05, 0) is 25.1 Å². The first kappa shape index (κ1) is 10.7. The highest BCUT2D eigenvalue weighted by atomic mass is 16.5. The standard InChI is InChI=1S/C13H12N4O/c1-8-5-11-9(7-15-8)6-12(16-11)10-3-4-14-13(17-10)18-2/h3-7,16H,1-2H3. The molecule has 18 heavy (non-hydrogen) atoms. The van der Waals surface area contributed by atoms with Crippen LogP contribution < -0.4 is 4.74 Å². The minimum atomic E-state index is 0.362. The quantitative estimate of drug-likeness (QED) is 0.746. The van der Waals surface area contributed by atoms with Gasteiger partial charge >= 0.3 is 6.01 Å². The first-order chi connectivity index (χ1) is 8.76. The first-order valence-electron chi connectivity index (χ1n) is 5.59. The average molecular weight is 240 g/mol. The number of hydrogen-bond acceptors (Lipinski definition) is 4. The van der Waals surface area contributed by atoms with Gasteiger partial charge in [0.25, 0.3) is 0 Å². The maximum absolute atomic E-state index is 5.02. The zero-order valence-electron chi connectivity index (χ0n) is 10.1. The van der Waals surface area contributed by atoms with E-state index in [9.17, 15) is 0 Å². The largest absolute Gasteiger partial charge is 0.467 e. The van der Waals surface area contributed by atoms with E-state index in [1.54, 1.807) is 13.3 Å². The van der Waals surface area contributed by atoms with Crippen molar-refractivity contribution in [1.82, 2.24) is 19.9 Å². The van der Waals surface area contributed by atoms with Gasteiger partial charge < -0.3 is 9.72 Å². The van der Waals surface area contributed by atoms with Crippen LogP contribution in [0.25, 0.3) is 22.3 Å². The summed E-state index contributed by atoms with van der Waals surface area (Å²) in [5.74, 6) is 0. The van der Waals surface area contributed by atoms with Crippen LogP contribution in [0.3, 0.4) is 0 Å². The van der Waals surface area contributed by atoms with Crippen LogP contribution in [-0.2, 0) is 0 Å². The van der Waals surface area contributed by atoms with Crippen LogP contribution in [0.5, 0.6) is 6.01 Å². The Labute approximate surface area is 104 Å². The fourth-order valence-corrected chi connectivity index (χ4v) is 1.86. The molecule has 0 radical (unpaired) electrons. The number of rotatable bonds is 2. The van der Waals surface area contributed by atoms with Crippen molar-refractivity contribution in [3.8, 4) is 17.4 Å². The second-order valence-electron chi connectivity index (χ2n) is 4.02. The average Bonchev–Trinajstić information content (AvgIpc) is 2.81. The Balaban J connectivity index is 2.13. The lowest BCUT2D eigenvalue weighted by Gasteiger charge is -1.99. The first-order valence-corrected chi connectivity index (χ1v) is 5.59. The number of hydrogen-bond donors (Lipinski definition) is 1. The number of ether oxygens (including phenoxy) is 1. The molecule has 0 atom stereocenters. The second-order valence-corrected chi connectivity index (χ2v) is 4.02. The Bertz CT molecular complexity index is 705. The van der Waals surface area contributed by atoms with Crippen LogP contribution in [0, 0.1) is 6.92 Å². The predicted molar refractivity (Wildman–Crippen MR) is 68.4 cm³/mol. The number of aryl methyl sites for hydroxylation is 1. The van der Waals surface area contributed by atoms with Crippen molar-refractivity contribution in [1.29, 1.82) is 0 Å². The molecule has 3 aromatic heterocycles. The lowest BCUT2D eigenvalue weighted by Crippen LogP contribution is -1.92. The summed E-state index contributed by atoms with van der Waals surface area (Å²) >= 11 is 0. The van der Waals surface area contributed by atoms with Crippen LogP contribution in [0.1, 0.15) is 5.69 Å². The van der Waals surface area contributed by atoms with Gasteiger partial charge in [-0.25, -0.2) is 4.98 Å². The Morgan fingerprint density at radius 1 is 1.22 bits per heavy atom. The number of methoxy groups -OCH3 is 1. The summed E-state index contributed by atoms with van der Waals surface area (Å²) in [5, 5.41) is 1.06. The van der Waals surface area contributed by atoms with E-state index >= 15 is 0 Å². The zero-order chi connectivity index (χ0) is 12.5. The van der Waals surface area contributed by atoms with Crippen molar-refractivity contribution in [3.05, 3.63) is 36.3 Å². The van der Waals surface area contributed by atoms with Gasteiger partial charge in [-0.15, -0.1) is 0 Å². The monoisotopic (exact) mass is 240 g/mol. The van der Waals surface area contributed by atoms with Crippen LogP contribution in [-0.4, -0.2) is 27.0 Å². The number of pyridine rings is 1. The van der Waals surface area contributed by atoms with E-state index < -0.39 is 0 Å². The van der Waals surface area contributed by atoms with Crippen molar-refractivity contribution >= 4 is 10.9 Å². The van der Waals surface area contributed by atoms with Crippen molar-refractivity contribution < 1.29 is 4.74 Å². The third-order valence-electron chi connectivity index (χ3n) is 2.73. The molecule has 0 aliphatic heterocycles. The summed E-state index contributed by atoms with van der Waals surface area (Å²) < 4.78 is 5.02. The summed E-state index contributed by atoms with van der Waals surface area (Å²) in [5.41, 5.74) is 3.76. The minimum Gasteiger partial charge on any atom is -0.467 e. The van der Waals surface area contributed by atoms with Gasteiger partial charge in [0, 0.05) is 29.0 Å². The fourth-order valence-electron chi connectivity index (χ4n) is 1.86. The molecule has 0 fully saturated rings. The molecule has 0 aliphatic carbocycles. The summed E-state index contributed by atoms with van der Waals surface area (Å²) in [6.45, 7) is 1.97. The van der Waals surface area contributed by atoms with Gasteiger partial charge in [0.1, 0.15) is 0 Å². The van der Waals surface area contributed by atoms with Crippen LogP contribution in [0.2, 0.25) is 0 Å². The minimum absolute atomic E-state index is 0.362. The van der Waals surface area contributed by atoms with E-state index in [1.165, 1.54) is 0 Å². The van der Waals surface area contributed by atoms with E-state index in [0.29, 0.717) is 6.01 Å². The molecule has 0 unspecified atom stereocenters. The van der Waals surface area contributed by atoms with Crippen molar-refractivity contribution in [2.24, 2.45) is 0 Å². The molecule has 90 valence electrons. The van der Waals surface area contributed by atoms with E-state index in [4.69, 9.17) is 4.74 Å². The SMILES string of the molecule is COc1nccc(-c2cc3cnc(C)cc3[nH]2)n1. The molecule has 3 rings (SSSR count). The molecule has 0 spiro atoms. The maximum Gasteiger partial charge on any atom is 0.316 e. The molecule has 0 amide bonds. The molecule has 0 bridgehead atoms. The highest BCUT2D eigenvalue weighted by molar-refractivity contribution is 5.84. The molecule has 0 aliphatic rings. The Hall–Kier alpha value is -2.43. The van der Waals surface area contributed by atoms with Crippen LogP contribution in [0.15, 0.2) is 30.6 Å². The smallest absolute Gasteiger partial charge is 0.316 e. The molecule has 0 saturated carbocycles. The van der Waals surface area contributed by atoms with Gasteiger partial charge in [0.15, 0.2) is 0 Å². The van der Waals surface area contributed by atoms with E-state index in [2.05, 4.69) is 19.9 Å². The summed E-state index contributed by atoms with van der Waals surface area (Å²) in [6.07, 6.45) is 3.53. The number of nitrogens with zero attached hydrogens (tertiary/aromatic N) is 3. The maximum atomic E-state index is 5.02. The zero-order valence-corrected chi connectivity index (χ0v) is 10.1. The lowest BCUT2D eigenvalue weighted by molar-refractivity contribution is 0.380. The Morgan fingerprint density at radius 3 is 2.94 bits per heavy atom. The van der Waals surface area contributed by atoms with Crippen LogP contribution in [0.4, 0.5) is 0 Å². The molecule has 0 aromatic carbocycles. The second kappa shape index (κ2) is 4.10. The molecule has 5 nitrogen and oxygen atoms in total. The fraction of sp³-hybridized carbons (Fsp3) is 0.154. The molecule has 5 heteroatoms. The van der Waals surface area contributed by atoms with Crippen molar-refractivity contribution in [3.63, 3.8) is 0 Å². The summed E-state index contributed by atoms with van der Waals surface area (Å²) in [7, 11) is 1.55. The van der Waals surface area contributed by atoms with E-state index in [0.717, 1.165) is 28.0 Å². The number of H-pyrrole nitrogens is 1. The van der Waals surface area contributed by atoms with Crippen molar-refractivity contribution in [2.45, 2.75) is 6.92 Å². The summed E-state index contributed by atoms with van der Waals surface area (Å²) in [4.78, 5) is 15.9. The third-order valence-corrected chi connectivity index (χ3v) is 2.73. The third kappa shape index (κ3) is 1.79. The number of nitrogens with one attached hydrogen (secondary N) is 1. The number of aromatic amines is 1. The number of fused-ring (bicyclic) bond motifs is 1. The van der Waals surface area contributed by atoms with Gasteiger partial charge in [0.05, 0.1) is 18.5 Å². The topological polar surface area (TPSA) is 63.7 Å². The highest BCUT2D eigenvalue weighted by Gasteiger charge is 2.06. The van der Waals surface area contributed by atoms with Gasteiger partial charge in [0.2, 0.25) is 0 Å². The summed E-state index contributed by atoms with van der Waals surface area (Å²) in [6, 6.07) is 6.23. The van der Waals surface area contributed by atoms with E-state index in [1.807, 2.05) is 31.3 Å². The van der Waals surface area contributed by atoms with E-state index in [-0.39, 0.29) is 0 Å². The van der Waals surface area contributed by atoms with Gasteiger partial charge in [-0.3, -0.25) is 4.98 Å². The molecular weight excluding hydrogens is 228 g/mol. The Morgan fingerprint density at radius 2 is 2.11 bits per heavy atom. The van der Waals surface area contributed by atoms with Crippen molar-refractivity contribution in [2.75, 3.05) is 7.11 Å². The van der Waals surface area contributed by atoms with Gasteiger partial charge in [-0.1, -0.05) is 0 Å². The normalized spacial score (nSPS) is 10.8. The molecule has 1 N–H and O–H groups in total. The molecule has 3 heterocycles. The predicted octanol–water partition coefficient (Wildman–Crippen LogP) is 2.34. The molecule has 0 saturated heterocycles. The number of aromatic nitrogens is 4. The molecule has 3 aromatic rings. The van der Waals surface area contributed by atoms with Crippen LogP contribution >= 0.6 is 0 Å². The lowest BCUT2D eigenvalue weighted by atomic mass is 10.2. The Kier molecular flexibility index (Phi) is 2.44. The molecular formula is C13H12N4O.